The lowest BCUT2D eigenvalue weighted by Gasteiger charge is -2.40. The fourth-order valence-corrected chi connectivity index (χ4v) is 4.25. The van der Waals surface area contributed by atoms with Crippen LogP contribution in [0.3, 0.4) is 0 Å². The van der Waals surface area contributed by atoms with Gasteiger partial charge in [-0.05, 0) is 35.6 Å². The van der Waals surface area contributed by atoms with E-state index in [1.165, 1.54) is 7.05 Å². The average molecular weight is 502 g/mol. The minimum atomic E-state index is -0.709. The third kappa shape index (κ3) is 6.46. The Morgan fingerprint density at radius 2 is 1.86 bits per heavy atom. The second kappa shape index (κ2) is 11.6. The number of benzene rings is 2. The van der Waals surface area contributed by atoms with Crippen molar-refractivity contribution >= 4 is 6.03 Å². The maximum absolute atomic E-state index is 14.7. The third-order valence-electron chi connectivity index (χ3n) is 6.00. The van der Waals surface area contributed by atoms with Crippen LogP contribution in [0.25, 0.3) is 11.3 Å². The number of hydrogen-bond acceptors (Lipinski definition) is 3. The van der Waals surface area contributed by atoms with E-state index < -0.39 is 35.8 Å². The number of rotatable bonds is 9. The van der Waals surface area contributed by atoms with Crippen molar-refractivity contribution in [2.75, 3.05) is 20.3 Å². The van der Waals surface area contributed by atoms with E-state index in [1.807, 2.05) is 55.7 Å². The Labute approximate surface area is 210 Å². The number of urea groups is 1. The van der Waals surface area contributed by atoms with Crippen LogP contribution in [0.15, 0.2) is 54.7 Å². The number of amides is 2. The summed E-state index contributed by atoms with van der Waals surface area (Å²) in [5, 5.41) is 2.66. The molecule has 0 aliphatic heterocycles. The molecule has 0 aliphatic carbocycles. The van der Waals surface area contributed by atoms with Gasteiger partial charge in [-0.3, -0.25) is 0 Å². The number of carbonyl (C=O) groups excluding carboxylic acids is 1. The third-order valence-corrected chi connectivity index (χ3v) is 6.00. The largest absolute Gasteiger partial charge is 0.341 e. The summed E-state index contributed by atoms with van der Waals surface area (Å²) in [5.74, 6) is -0.677. The molecule has 1 aromatic heterocycles. The molecule has 9 heteroatoms. The highest BCUT2D eigenvalue weighted by atomic mass is 19.1. The van der Waals surface area contributed by atoms with Crippen LogP contribution < -0.4 is 11.1 Å². The average Bonchev–Trinajstić information content (AvgIpc) is 3.24. The molecule has 0 saturated carbocycles. The van der Waals surface area contributed by atoms with Gasteiger partial charge in [0.1, 0.15) is 24.1 Å². The van der Waals surface area contributed by atoms with Crippen molar-refractivity contribution in [2.24, 2.45) is 11.1 Å². The minimum Gasteiger partial charge on any atom is -0.341 e. The summed E-state index contributed by atoms with van der Waals surface area (Å²) in [4.78, 5) is 19.4. The fourth-order valence-electron chi connectivity index (χ4n) is 4.25. The number of nitrogens with one attached hydrogen (secondary N) is 1. The molecule has 36 heavy (non-hydrogen) atoms. The number of hydrogen-bond donors (Lipinski definition) is 2. The highest BCUT2D eigenvalue weighted by Crippen LogP contribution is 2.39. The van der Waals surface area contributed by atoms with Crippen molar-refractivity contribution in [3.63, 3.8) is 0 Å². The summed E-state index contributed by atoms with van der Waals surface area (Å²) in [7, 11) is 1.52. The zero-order valence-electron chi connectivity index (χ0n) is 21.1. The minimum absolute atomic E-state index is 0.0293. The molecule has 3 N–H and O–H groups in total. The van der Waals surface area contributed by atoms with Crippen molar-refractivity contribution in [2.45, 2.75) is 45.8 Å². The van der Waals surface area contributed by atoms with Crippen LogP contribution in [0, 0.1) is 17.0 Å². The Bertz CT molecular complexity index is 1160. The molecule has 0 aliphatic rings. The van der Waals surface area contributed by atoms with Crippen LogP contribution in [-0.4, -0.2) is 46.8 Å². The molecule has 2 unspecified atom stereocenters. The number of alkyl halides is 1. The molecule has 0 saturated heterocycles. The lowest BCUT2D eigenvalue weighted by atomic mass is 9.84. The number of nitrogens with two attached hydrogens (primary N) is 1. The Morgan fingerprint density at radius 3 is 2.47 bits per heavy atom. The summed E-state index contributed by atoms with van der Waals surface area (Å²) in [5.41, 5.74) is 6.56. The van der Waals surface area contributed by atoms with Crippen molar-refractivity contribution in [3.8, 4) is 11.3 Å². The van der Waals surface area contributed by atoms with E-state index in [0.29, 0.717) is 12.4 Å². The monoisotopic (exact) mass is 501 g/mol. The summed E-state index contributed by atoms with van der Waals surface area (Å²) in [6, 6.07) is 11.2. The first-order valence-corrected chi connectivity index (χ1v) is 11.9. The van der Waals surface area contributed by atoms with Gasteiger partial charge in [0.05, 0.1) is 11.7 Å². The number of imidazole rings is 1. The van der Waals surface area contributed by atoms with Crippen LogP contribution in [0.5, 0.6) is 0 Å². The second-order valence-corrected chi connectivity index (χ2v) is 9.94. The zero-order chi connectivity index (χ0) is 26.5. The fraction of sp³-hybridized carbons (Fsp3) is 0.407. The van der Waals surface area contributed by atoms with E-state index in [-0.39, 0.29) is 30.3 Å². The Balaban J connectivity index is 2.18. The molecule has 2 amide bonds. The highest BCUT2D eigenvalue weighted by Gasteiger charge is 2.38. The number of carbonyl (C=O) groups is 1. The van der Waals surface area contributed by atoms with E-state index >= 15 is 0 Å². The smallest absolute Gasteiger partial charge is 0.317 e. The molecule has 2 aromatic carbocycles. The lowest BCUT2D eigenvalue weighted by Crippen LogP contribution is -2.47. The van der Waals surface area contributed by atoms with Crippen LogP contribution in [0.4, 0.5) is 18.0 Å². The SMILES string of the molecule is CNC(=O)N(CCC(N)CF)C(c1nc(-c2cc(F)ccc2F)cn1Cc1ccccc1)C(C)(C)C. The van der Waals surface area contributed by atoms with Gasteiger partial charge in [0.2, 0.25) is 0 Å². The van der Waals surface area contributed by atoms with E-state index in [1.54, 1.807) is 11.1 Å². The topological polar surface area (TPSA) is 76.2 Å². The number of nitrogens with zero attached hydrogens (tertiary/aromatic N) is 3. The molecular weight excluding hydrogens is 467 g/mol. The molecule has 6 nitrogen and oxygen atoms in total. The van der Waals surface area contributed by atoms with E-state index in [2.05, 4.69) is 5.32 Å². The standard InChI is InChI=1S/C27H34F3N5O/c1-27(2,3)24(35(26(36)32-4)13-12-20(31)15-28)25-33-23(21-14-19(29)10-11-22(21)30)17-34(25)16-18-8-6-5-7-9-18/h5-11,14,17,20,24H,12-13,15-16,31H2,1-4H3,(H,32,36). The molecule has 0 radical (unpaired) electrons. The van der Waals surface area contributed by atoms with E-state index in [4.69, 9.17) is 10.7 Å². The van der Waals surface area contributed by atoms with Crippen molar-refractivity contribution in [1.29, 1.82) is 0 Å². The van der Waals surface area contributed by atoms with Gasteiger partial charge in [-0.25, -0.2) is 22.9 Å². The predicted molar refractivity (Wildman–Crippen MR) is 135 cm³/mol. The number of halogens is 3. The molecule has 3 aromatic rings. The van der Waals surface area contributed by atoms with Crippen LogP contribution in [-0.2, 0) is 6.54 Å². The maximum Gasteiger partial charge on any atom is 0.317 e. The van der Waals surface area contributed by atoms with Gasteiger partial charge < -0.3 is 20.5 Å². The van der Waals surface area contributed by atoms with Crippen LogP contribution >= 0.6 is 0 Å². The first kappa shape index (κ1) is 27.3. The van der Waals surface area contributed by atoms with Gasteiger partial charge in [0.15, 0.2) is 0 Å². The first-order valence-electron chi connectivity index (χ1n) is 11.9. The summed E-state index contributed by atoms with van der Waals surface area (Å²) in [6.45, 7) is 5.78. The summed E-state index contributed by atoms with van der Waals surface area (Å²) < 4.78 is 43.7. The molecular formula is C27H34F3N5O. The summed E-state index contributed by atoms with van der Waals surface area (Å²) >= 11 is 0. The maximum atomic E-state index is 14.7. The van der Waals surface area contributed by atoms with Crippen molar-refractivity contribution in [3.05, 3.63) is 77.8 Å². The normalized spacial score (nSPS) is 13.3. The first-order chi connectivity index (χ1) is 17.0. The lowest BCUT2D eigenvalue weighted by molar-refractivity contribution is 0.106. The highest BCUT2D eigenvalue weighted by molar-refractivity contribution is 5.74. The molecule has 194 valence electrons. The molecule has 0 spiro atoms. The van der Waals surface area contributed by atoms with Gasteiger partial charge in [-0.15, -0.1) is 0 Å². The van der Waals surface area contributed by atoms with Crippen molar-refractivity contribution < 1.29 is 18.0 Å². The van der Waals surface area contributed by atoms with Gasteiger partial charge in [0.25, 0.3) is 0 Å². The quantitative estimate of drug-likeness (QED) is 0.418. The Kier molecular flexibility index (Phi) is 8.79. The van der Waals surface area contributed by atoms with E-state index in [0.717, 1.165) is 23.8 Å². The molecule has 0 fully saturated rings. The van der Waals surface area contributed by atoms with Gasteiger partial charge in [-0.2, -0.15) is 0 Å². The Hall–Kier alpha value is -3.33. The Morgan fingerprint density at radius 1 is 1.17 bits per heavy atom. The zero-order valence-corrected chi connectivity index (χ0v) is 21.1. The van der Waals surface area contributed by atoms with Crippen molar-refractivity contribution in [1.82, 2.24) is 19.8 Å². The summed E-state index contributed by atoms with van der Waals surface area (Å²) in [6.07, 6.45) is 1.93. The second-order valence-electron chi connectivity index (χ2n) is 9.94. The molecule has 1 heterocycles. The molecule has 0 bridgehead atoms. The predicted octanol–water partition coefficient (Wildman–Crippen LogP) is 5.29. The van der Waals surface area contributed by atoms with Crippen LogP contribution in [0.1, 0.15) is 44.6 Å². The van der Waals surface area contributed by atoms with Gasteiger partial charge in [0, 0.05) is 37.9 Å². The van der Waals surface area contributed by atoms with Crippen LogP contribution in [0.2, 0.25) is 0 Å². The molecule has 2 atom stereocenters. The number of aromatic nitrogens is 2. The molecule has 3 rings (SSSR count). The van der Waals surface area contributed by atoms with Gasteiger partial charge in [-0.1, -0.05) is 51.1 Å². The van der Waals surface area contributed by atoms with E-state index in [9.17, 15) is 18.0 Å². The van der Waals surface area contributed by atoms with Gasteiger partial charge >= 0.3 is 6.03 Å².